The molecule has 10 heteroatoms. The minimum atomic E-state index is -4.46. The summed E-state index contributed by atoms with van der Waals surface area (Å²) in [6.45, 7) is 5.60. The number of aryl methyl sites for hydroxylation is 1. The molecule has 0 aliphatic heterocycles. The van der Waals surface area contributed by atoms with Gasteiger partial charge in [-0.3, -0.25) is 10.1 Å². The molecule has 0 saturated heterocycles. The monoisotopic (exact) mass is 395 g/mol. The number of hydrogen-bond acceptors (Lipinski definition) is 5. The minimum Gasteiger partial charge on any atom is -0.298 e. The van der Waals surface area contributed by atoms with Crippen molar-refractivity contribution in [2.45, 2.75) is 32.9 Å². The number of anilines is 1. The number of pyridine rings is 1. The molecule has 0 atom stereocenters. The number of nitrogens with one attached hydrogen (secondary N) is 1. The zero-order valence-electron chi connectivity index (χ0n) is 14.7. The van der Waals surface area contributed by atoms with Crippen LogP contribution in [-0.2, 0) is 6.18 Å². The van der Waals surface area contributed by atoms with Crippen LogP contribution in [0.4, 0.5) is 18.3 Å². The molecule has 0 saturated carbocycles. The van der Waals surface area contributed by atoms with E-state index in [0.29, 0.717) is 16.4 Å². The SMILES string of the molecule is Cc1cnc(NC(=O)c2cnn(-c3ccc(C(F)(F)F)cn3)c2C(C)C)s1. The third-order valence-corrected chi connectivity index (χ3v) is 4.56. The summed E-state index contributed by atoms with van der Waals surface area (Å²) in [7, 11) is 0. The second-order valence-corrected chi connectivity index (χ2v) is 7.38. The number of aromatic nitrogens is 4. The number of nitrogens with zero attached hydrogens (tertiary/aromatic N) is 4. The van der Waals surface area contributed by atoms with E-state index < -0.39 is 11.7 Å². The highest BCUT2D eigenvalue weighted by Gasteiger charge is 2.31. The molecule has 27 heavy (non-hydrogen) atoms. The maximum absolute atomic E-state index is 12.7. The fraction of sp³-hybridized carbons (Fsp3) is 0.294. The van der Waals surface area contributed by atoms with E-state index in [0.717, 1.165) is 17.1 Å². The van der Waals surface area contributed by atoms with Crippen LogP contribution in [0.25, 0.3) is 5.82 Å². The molecule has 0 unspecified atom stereocenters. The van der Waals surface area contributed by atoms with Crippen molar-refractivity contribution in [2.75, 3.05) is 5.32 Å². The maximum Gasteiger partial charge on any atom is 0.417 e. The highest BCUT2D eigenvalue weighted by atomic mass is 32.1. The number of halogens is 3. The van der Waals surface area contributed by atoms with Crippen LogP contribution in [0.5, 0.6) is 0 Å². The Morgan fingerprint density at radius 3 is 2.44 bits per heavy atom. The molecular formula is C17H16F3N5OS. The molecule has 142 valence electrons. The van der Waals surface area contributed by atoms with E-state index in [1.807, 2.05) is 20.8 Å². The first-order chi connectivity index (χ1) is 12.7. The maximum atomic E-state index is 12.7. The first-order valence-electron chi connectivity index (χ1n) is 8.02. The summed E-state index contributed by atoms with van der Waals surface area (Å²) < 4.78 is 39.6. The predicted octanol–water partition coefficient (Wildman–Crippen LogP) is 4.43. The van der Waals surface area contributed by atoms with Crippen molar-refractivity contribution in [3.05, 3.63) is 52.4 Å². The Labute approximate surface area is 157 Å². The number of thiazole rings is 1. The minimum absolute atomic E-state index is 0.115. The first kappa shape index (κ1) is 19.0. The molecule has 3 aromatic heterocycles. The Balaban J connectivity index is 1.94. The van der Waals surface area contributed by atoms with Gasteiger partial charge in [-0.05, 0) is 25.0 Å². The molecule has 0 radical (unpaired) electrons. The van der Waals surface area contributed by atoms with E-state index in [4.69, 9.17) is 0 Å². The van der Waals surface area contributed by atoms with Gasteiger partial charge in [-0.1, -0.05) is 13.8 Å². The summed E-state index contributed by atoms with van der Waals surface area (Å²) in [6, 6.07) is 2.17. The van der Waals surface area contributed by atoms with E-state index in [1.165, 1.54) is 28.3 Å². The van der Waals surface area contributed by atoms with E-state index in [2.05, 4.69) is 20.4 Å². The van der Waals surface area contributed by atoms with Gasteiger partial charge in [0.05, 0.1) is 23.0 Å². The van der Waals surface area contributed by atoms with Gasteiger partial charge in [0.25, 0.3) is 5.91 Å². The summed E-state index contributed by atoms with van der Waals surface area (Å²) in [4.78, 5) is 21.5. The quantitative estimate of drug-likeness (QED) is 0.709. The van der Waals surface area contributed by atoms with E-state index in [1.54, 1.807) is 6.20 Å². The van der Waals surface area contributed by atoms with Crippen molar-refractivity contribution >= 4 is 22.4 Å². The molecule has 1 N–H and O–H groups in total. The molecular weight excluding hydrogens is 379 g/mol. The van der Waals surface area contributed by atoms with Crippen molar-refractivity contribution in [1.29, 1.82) is 0 Å². The third-order valence-electron chi connectivity index (χ3n) is 3.73. The molecule has 0 bridgehead atoms. The van der Waals surface area contributed by atoms with Crippen molar-refractivity contribution in [3.63, 3.8) is 0 Å². The number of carbonyl (C=O) groups is 1. The second kappa shape index (κ2) is 7.10. The Kier molecular flexibility index (Phi) is 5.01. The lowest BCUT2D eigenvalue weighted by Gasteiger charge is -2.13. The lowest BCUT2D eigenvalue weighted by atomic mass is 10.1. The molecule has 6 nitrogen and oxygen atoms in total. The average molecular weight is 395 g/mol. The van der Waals surface area contributed by atoms with Crippen LogP contribution in [0.2, 0.25) is 0 Å². The van der Waals surface area contributed by atoms with Gasteiger partial charge in [-0.25, -0.2) is 14.6 Å². The second-order valence-electron chi connectivity index (χ2n) is 6.14. The summed E-state index contributed by atoms with van der Waals surface area (Å²) in [5.41, 5.74) is 0.0224. The van der Waals surface area contributed by atoms with Gasteiger partial charge in [0, 0.05) is 17.3 Å². The number of rotatable bonds is 4. The number of amides is 1. The van der Waals surface area contributed by atoms with Crippen molar-refractivity contribution < 1.29 is 18.0 Å². The molecule has 3 rings (SSSR count). The van der Waals surface area contributed by atoms with Crippen LogP contribution in [0.3, 0.4) is 0 Å². The molecule has 0 spiro atoms. The molecule has 0 fully saturated rings. The summed E-state index contributed by atoms with van der Waals surface area (Å²) >= 11 is 1.34. The van der Waals surface area contributed by atoms with Crippen LogP contribution >= 0.6 is 11.3 Å². The summed E-state index contributed by atoms with van der Waals surface area (Å²) in [6.07, 6.45) is -0.684. The zero-order valence-corrected chi connectivity index (χ0v) is 15.5. The van der Waals surface area contributed by atoms with Crippen molar-refractivity contribution in [1.82, 2.24) is 19.7 Å². The summed E-state index contributed by atoms with van der Waals surface area (Å²) in [5, 5.41) is 7.34. The highest BCUT2D eigenvalue weighted by Crippen LogP contribution is 2.29. The van der Waals surface area contributed by atoms with E-state index in [9.17, 15) is 18.0 Å². The molecule has 0 aliphatic carbocycles. The molecule has 0 aromatic carbocycles. The van der Waals surface area contributed by atoms with Crippen molar-refractivity contribution in [3.8, 4) is 5.82 Å². The number of carbonyl (C=O) groups excluding carboxylic acids is 1. The van der Waals surface area contributed by atoms with Gasteiger partial charge in [0.15, 0.2) is 10.9 Å². The third kappa shape index (κ3) is 4.00. The van der Waals surface area contributed by atoms with Gasteiger partial charge in [-0.2, -0.15) is 18.3 Å². The van der Waals surface area contributed by atoms with E-state index in [-0.39, 0.29) is 17.6 Å². The Morgan fingerprint density at radius 2 is 1.93 bits per heavy atom. The standard InChI is InChI=1S/C17H16F3N5OS/c1-9(2)14-12(15(26)24-16-22-6-10(3)27-16)8-23-25(14)13-5-4-11(7-21-13)17(18,19)20/h4-9H,1-3H3,(H,22,24,26). The molecule has 3 heterocycles. The van der Waals surface area contributed by atoms with Gasteiger partial charge in [0.2, 0.25) is 0 Å². The van der Waals surface area contributed by atoms with E-state index >= 15 is 0 Å². The van der Waals surface area contributed by atoms with Crippen LogP contribution in [0, 0.1) is 6.92 Å². The predicted molar refractivity (Wildman–Crippen MR) is 95.3 cm³/mol. The fourth-order valence-corrected chi connectivity index (χ4v) is 3.19. The zero-order chi connectivity index (χ0) is 19.8. The Morgan fingerprint density at radius 1 is 1.19 bits per heavy atom. The Bertz CT molecular complexity index is 960. The first-order valence-corrected chi connectivity index (χ1v) is 8.83. The van der Waals surface area contributed by atoms with Crippen molar-refractivity contribution in [2.24, 2.45) is 0 Å². The lowest BCUT2D eigenvalue weighted by molar-refractivity contribution is -0.137. The van der Waals surface area contributed by atoms with Gasteiger partial charge >= 0.3 is 6.18 Å². The fourth-order valence-electron chi connectivity index (χ4n) is 2.53. The smallest absolute Gasteiger partial charge is 0.298 e. The lowest BCUT2D eigenvalue weighted by Crippen LogP contribution is -2.16. The largest absolute Gasteiger partial charge is 0.417 e. The molecule has 0 aliphatic rings. The number of hydrogen-bond donors (Lipinski definition) is 1. The van der Waals surface area contributed by atoms with Crippen LogP contribution < -0.4 is 5.32 Å². The average Bonchev–Trinajstić information content (AvgIpc) is 3.20. The van der Waals surface area contributed by atoms with Gasteiger partial charge in [0.1, 0.15) is 0 Å². The topological polar surface area (TPSA) is 72.7 Å². The van der Waals surface area contributed by atoms with Crippen LogP contribution in [0.15, 0.2) is 30.7 Å². The van der Waals surface area contributed by atoms with Gasteiger partial charge < -0.3 is 0 Å². The van der Waals surface area contributed by atoms with Gasteiger partial charge in [-0.15, -0.1) is 11.3 Å². The highest BCUT2D eigenvalue weighted by molar-refractivity contribution is 7.15. The van der Waals surface area contributed by atoms with Crippen LogP contribution in [-0.4, -0.2) is 25.7 Å². The Hall–Kier alpha value is -2.75. The number of alkyl halides is 3. The normalized spacial score (nSPS) is 11.8. The van der Waals surface area contributed by atoms with Crippen LogP contribution in [0.1, 0.15) is 46.3 Å². The molecule has 3 aromatic rings. The molecule has 1 amide bonds. The summed E-state index contributed by atoms with van der Waals surface area (Å²) in [5.74, 6) is -0.294.